The van der Waals surface area contributed by atoms with Crippen LogP contribution in [0, 0.1) is 19.7 Å². The lowest BCUT2D eigenvalue weighted by molar-refractivity contribution is -0.127. The van der Waals surface area contributed by atoms with E-state index in [1.807, 2.05) is 15.9 Å². The molecule has 0 radical (unpaired) electrons. The molecule has 7 heteroatoms. The predicted molar refractivity (Wildman–Crippen MR) is 119 cm³/mol. The average Bonchev–Trinajstić information content (AvgIpc) is 3.52. The summed E-state index contributed by atoms with van der Waals surface area (Å²) in [6.07, 6.45) is 6.06. The molecule has 2 aliphatic rings. The smallest absolute Gasteiger partial charge is 0.246 e. The summed E-state index contributed by atoms with van der Waals surface area (Å²) in [7, 11) is 0. The minimum Gasteiger partial charge on any atom is -0.346 e. The molecule has 0 atom stereocenters. The number of aryl methyl sites for hydroxylation is 1. The lowest BCUT2D eigenvalue weighted by atomic mass is 10.2. The highest BCUT2D eigenvalue weighted by Gasteiger charge is 2.26. The SMILES string of the molecule is Cc1cc(/C=C/C(=O)N2CCN(CC(=O)Nc3cccc(F)c3)CC2)c(C)n1C1CC1. The molecule has 0 bridgehead atoms. The Kier molecular flexibility index (Phi) is 6.23. The minimum absolute atomic E-state index is 0.0000808. The van der Waals surface area contributed by atoms with E-state index in [0.29, 0.717) is 37.9 Å². The highest BCUT2D eigenvalue weighted by molar-refractivity contribution is 5.93. The fraction of sp³-hybridized carbons (Fsp3) is 0.417. The highest BCUT2D eigenvalue weighted by atomic mass is 19.1. The van der Waals surface area contributed by atoms with Crippen molar-refractivity contribution in [3.8, 4) is 0 Å². The van der Waals surface area contributed by atoms with Gasteiger partial charge in [0.1, 0.15) is 5.82 Å². The van der Waals surface area contributed by atoms with Crippen molar-refractivity contribution in [2.24, 2.45) is 0 Å². The summed E-state index contributed by atoms with van der Waals surface area (Å²) in [6, 6.07) is 8.63. The van der Waals surface area contributed by atoms with Crippen LogP contribution in [0.25, 0.3) is 6.08 Å². The van der Waals surface area contributed by atoms with Crippen molar-refractivity contribution in [3.05, 3.63) is 59.2 Å². The van der Waals surface area contributed by atoms with Gasteiger partial charge in [-0.05, 0) is 62.6 Å². The second-order valence-corrected chi connectivity index (χ2v) is 8.42. The lowest BCUT2D eigenvalue weighted by Gasteiger charge is -2.33. The van der Waals surface area contributed by atoms with Crippen molar-refractivity contribution < 1.29 is 14.0 Å². The Labute approximate surface area is 182 Å². The van der Waals surface area contributed by atoms with E-state index in [1.54, 1.807) is 18.2 Å². The lowest BCUT2D eigenvalue weighted by Crippen LogP contribution is -2.50. The van der Waals surface area contributed by atoms with Crippen LogP contribution in [-0.4, -0.2) is 58.9 Å². The Balaban J connectivity index is 1.26. The predicted octanol–water partition coefficient (Wildman–Crippen LogP) is 3.38. The molecule has 1 aliphatic heterocycles. The van der Waals surface area contributed by atoms with Crippen LogP contribution in [0.5, 0.6) is 0 Å². The molecular formula is C24H29FN4O2. The zero-order chi connectivity index (χ0) is 22.0. The van der Waals surface area contributed by atoms with Gasteiger partial charge in [-0.1, -0.05) is 6.07 Å². The standard InChI is InChI=1S/C24H29FN4O2/c1-17-14-19(18(2)29(17)22-7-8-22)6-9-24(31)28-12-10-27(11-13-28)16-23(30)26-21-5-3-4-20(25)15-21/h3-6,9,14-15,22H,7-8,10-13,16H2,1-2H3,(H,26,30)/b9-6+. The molecular weight excluding hydrogens is 395 g/mol. The zero-order valence-electron chi connectivity index (χ0n) is 18.1. The largest absolute Gasteiger partial charge is 0.346 e. The van der Waals surface area contributed by atoms with Gasteiger partial charge >= 0.3 is 0 Å². The van der Waals surface area contributed by atoms with Gasteiger partial charge in [0.2, 0.25) is 11.8 Å². The van der Waals surface area contributed by atoms with E-state index in [4.69, 9.17) is 0 Å². The van der Waals surface area contributed by atoms with Gasteiger partial charge in [-0.25, -0.2) is 4.39 Å². The Morgan fingerprint density at radius 3 is 2.55 bits per heavy atom. The highest BCUT2D eigenvalue weighted by Crippen LogP contribution is 2.38. The number of benzene rings is 1. The van der Waals surface area contributed by atoms with E-state index < -0.39 is 0 Å². The first-order chi connectivity index (χ1) is 14.9. The monoisotopic (exact) mass is 424 g/mol. The number of rotatable bonds is 6. The Morgan fingerprint density at radius 1 is 1.13 bits per heavy atom. The van der Waals surface area contributed by atoms with Crippen LogP contribution in [0.15, 0.2) is 36.4 Å². The van der Waals surface area contributed by atoms with Gasteiger partial charge < -0.3 is 14.8 Å². The molecule has 2 fully saturated rings. The molecule has 1 N–H and O–H groups in total. The normalized spacial score (nSPS) is 17.3. The first-order valence-corrected chi connectivity index (χ1v) is 10.8. The maximum atomic E-state index is 13.2. The van der Waals surface area contributed by atoms with Crippen LogP contribution < -0.4 is 5.32 Å². The quantitative estimate of drug-likeness (QED) is 0.724. The fourth-order valence-corrected chi connectivity index (χ4v) is 4.23. The Hall–Kier alpha value is -2.93. The van der Waals surface area contributed by atoms with E-state index in [0.717, 1.165) is 5.56 Å². The van der Waals surface area contributed by atoms with Gasteiger partial charge in [0, 0.05) is 55.4 Å². The molecule has 0 unspecified atom stereocenters. The number of carbonyl (C=O) groups excluding carboxylic acids is 2. The second kappa shape index (κ2) is 9.06. The van der Waals surface area contributed by atoms with Crippen molar-refractivity contribution >= 4 is 23.6 Å². The fourth-order valence-electron chi connectivity index (χ4n) is 4.23. The van der Waals surface area contributed by atoms with Crippen LogP contribution in [-0.2, 0) is 9.59 Å². The summed E-state index contributed by atoms with van der Waals surface area (Å²) < 4.78 is 15.6. The van der Waals surface area contributed by atoms with E-state index in [1.165, 1.54) is 36.4 Å². The third kappa shape index (κ3) is 5.22. The van der Waals surface area contributed by atoms with E-state index in [2.05, 4.69) is 29.8 Å². The molecule has 31 heavy (non-hydrogen) atoms. The van der Waals surface area contributed by atoms with Gasteiger partial charge in [0.15, 0.2) is 0 Å². The van der Waals surface area contributed by atoms with Gasteiger partial charge in [-0.2, -0.15) is 0 Å². The molecule has 1 aliphatic carbocycles. The number of hydrogen-bond donors (Lipinski definition) is 1. The molecule has 2 heterocycles. The molecule has 1 saturated heterocycles. The second-order valence-electron chi connectivity index (χ2n) is 8.42. The number of piperazine rings is 1. The van der Waals surface area contributed by atoms with Crippen LogP contribution in [0.2, 0.25) is 0 Å². The summed E-state index contributed by atoms with van der Waals surface area (Å²) in [4.78, 5) is 28.7. The summed E-state index contributed by atoms with van der Waals surface area (Å²) in [5.74, 6) is -0.566. The summed E-state index contributed by atoms with van der Waals surface area (Å²) >= 11 is 0. The molecule has 4 rings (SSSR count). The van der Waals surface area contributed by atoms with Crippen LogP contribution in [0.4, 0.5) is 10.1 Å². The topological polar surface area (TPSA) is 57.6 Å². The summed E-state index contributed by atoms with van der Waals surface area (Å²) in [5, 5.41) is 2.71. The van der Waals surface area contributed by atoms with Gasteiger partial charge in [0.05, 0.1) is 6.54 Å². The van der Waals surface area contributed by atoms with Crippen molar-refractivity contribution in [3.63, 3.8) is 0 Å². The Morgan fingerprint density at radius 2 is 1.87 bits per heavy atom. The van der Waals surface area contributed by atoms with Gasteiger partial charge in [-0.3, -0.25) is 14.5 Å². The number of anilines is 1. The number of amides is 2. The molecule has 1 aromatic heterocycles. The number of nitrogens with one attached hydrogen (secondary N) is 1. The third-order valence-corrected chi connectivity index (χ3v) is 6.00. The van der Waals surface area contributed by atoms with Crippen LogP contribution in [0.3, 0.4) is 0 Å². The molecule has 1 saturated carbocycles. The van der Waals surface area contributed by atoms with E-state index in [-0.39, 0.29) is 24.2 Å². The third-order valence-electron chi connectivity index (χ3n) is 6.00. The van der Waals surface area contributed by atoms with Crippen LogP contribution in [0.1, 0.15) is 35.8 Å². The molecule has 2 amide bonds. The minimum atomic E-state index is -0.382. The van der Waals surface area contributed by atoms with Crippen molar-refractivity contribution in [1.82, 2.24) is 14.4 Å². The first kappa shape index (κ1) is 21.3. The van der Waals surface area contributed by atoms with E-state index in [9.17, 15) is 14.0 Å². The van der Waals surface area contributed by atoms with Crippen molar-refractivity contribution in [2.75, 3.05) is 38.0 Å². The maximum absolute atomic E-state index is 13.2. The van der Waals surface area contributed by atoms with Gasteiger partial charge in [0.25, 0.3) is 0 Å². The number of hydrogen-bond acceptors (Lipinski definition) is 3. The van der Waals surface area contributed by atoms with Crippen molar-refractivity contribution in [1.29, 1.82) is 0 Å². The average molecular weight is 425 g/mol. The maximum Gasteiger partial charge on any atom is 0.246 e. The van der Waals surface area contributed by atoms with Crippen LogP contribution >= 0.6 is 0 Å². The summed E-state index contributed by atoms with van der Waals surface area (Å²) in [5.41, 5.74) is 4.02. The zero-order valence-corrected chi connectivity index (χ0v) is 18.1. The molecule has 6 nitrogen and oxygen atoms in total. The molecule has 2 aromatic rings. The van der Waals surface area contributed by atoms with Crippen molar-refractivity contribution in [2.45, 2.75) is 32.7 Å². The number of aromatic nitrogens is 1. The number of halogens is 1. The number of nitrogens with zero attached hydrogens (tertiary/aromatic N) is 3. The molecule has 164 valence electrons. The summed E-state index contributed by atoms with van der Waals surface area (Å²) in [6.45, 7) is 6.88. The molecule has 1 aromatic carbocycles. The van der Waals surface area contributed by atoms with E-state index >= 15 is 0 Å². The molecule has 0 spiro atoms. The van der Waals surface area contributed by atoms with Gasteiger partial charge in [-0.15, -0.1) is 0 Å². The first-order valence-electron chi connectivity index (χ1n) is 10.8. The Bertz CT molecular complexity index is 1000. The number of carbonyl (C=O) groups is 2.